The highest BCUT2D eigenvalue weighted by Gasteiger charge is 1.94. The van der Waals surface area contributed by atoms with Gasteiger partial charge in [0.2, 0.25) is 0 Å². The van der Waals surface area contributed by atoms with Crippen molar-refractivity contribution in [3.63, 3.8) is 0 Å². The van der Waals surface area contributed by atoms with Gasteiger partial charge in [0, 0.05) is 4.90 Å². The van der Waals surface area contributed by atoms with Crippen molar-refractivity contribution in [2.45, 2.75) is 4.90 Å². The summed E-state index contributed by atoms with van der Waals surface area (Å²) in [5.74, 6) is 1.63. The van der Waals surface area contributed by atoms with Gasteiger partial charge in [-0.25, -0.2) is 0 Å². The van der Waals surface area contributed by atoms with Crippen LogP contribution in [0.3, 0.4) is 0 Å². The van der Waals surface area contributed by atoms with E-state index in [4.69, 9.17) is 4.74 Å². The van der Waals surface area contributed by atoms with Crippen LogP contribution in [0.5, 0.6) is 11.5 Å². The molecule has 0 saturated heterocycles. The van der Waals surface area contributed by atoms with Crippen LogP contribution in [-0.4, -0.2) is 0 Å². The van der Waals surface area contributed by atoms with E-state index >= 15 is 0 Å². The van der Waals surface area contributed by atoms with E-state index in [9.17, 15) is 0 Å². The number of rotatable bonds is 2. The predicted octanol–water partition coefficient (Wildman–Crippen LogP) is 3.57. The van der Waals surface area contributed by atoms with Gasteiger partial charge < -0.3 is 4.74 Å². The standard InChI is InChI=1S/C12H9OS/c14-12-8-6-11(7-9-12)13-10-4-2-1-3-5-10/h2-9,14H. The molecule has 0 spiro atoms. The van der Waals surface area contributed by atoms with Crippen LogP contribution >= 0.6 is 12.6 Å². The Bertz CT molecular complexity index is 394. The van der Waals surface area contributed by atoms with Crippen LogP contribution < -0.4 is 4.74 Å². The van der Waals surface area contributed by atoms with Gasteiger partial charge in [0.1, 0.15) is 11.5 Å². The largest absolute Gasteiger partial charge is 0.457 e. The fourth-order valence-corrected chi connectivity index (χ4v) is 1.24. The summed E-state index contributed by atoms with van der Waals surface area (Å²) in [6, 6.07) is 17.9. The Balaban J connectivity index is 2.16. The predicted molar refractivity (Wildman–Crippen MR) is 59.0 cm³/mol. The highest BCUT2D eigenvalue weighted by atomic mass is 32.1. The van der Waals surface area contributed by atoms with Gasteiger partial charge >= 0.3 is 0 Å². The smallest absolute Gasteiger partial charge is 0.127 e. The van der Waals surface area contributed by atoms with E-state index in [1.807, 2.05) is 48.5 Å². The van der Waals surface area contributed by atoms with Crippen LogP contribution in [0, 0.1) is 6.07 Å². The monoisotopic (exact) mass is 201 g/mol. The molecule has 0 atom stereocenters. The lowest BCUT2D eigenvalue weighted by Gasteiger charge is -2.04. The van der Waals surface area contributed by atoms with E-state index in [1.165, 1.54) is 0 Å². The van der Waals surface area contributed by atoms with Crippen LogP contribution in [-0.2, 0) is 0 Å². The van der Waals surface area contributed by atoms with E-state index in [-0.39, 0.29) is 0 Å². The van der Waals surface area contributed by atoms with E-state index in [2.05, 4.69) is 18.7 Å². The van der Waals surface area contributed by atoms with Crippen molar-refractivity contribution in [3.05, 3.63) is 54.6 Å². The molecule has 2 rings (SSSR count). The van der Waals surface area contributed by atoms with Crippen LogP contribution in [0.4, 0.5) is 0 Å². The Morgan fingerprint density at radius 2 is 1.43 bits per heavy atom. The fourth-order valence-electron chi connectivity index (χ4n) is 1.09. The molecule has 0 fully saturated rings. The van der Waals surface area contributed by atoms with Crippen molar-refractivity contribution >= 4 is 12.6 Å². The minimum atomic E-state index is 0.814. The molecule has 0 N–H and O–H groups in total. The highest BCUT2D eigenvalue weighted by Crippen LogP contribution is 2.21. The molecule has 2 heteroatoms. The Labute approximate surface area is 88.8 Å². The topological polar surface area (TPSA) is 9.23 Å². The van der Waals surface area contributed by atoms with Crippen LogP contribution in [0.2, 0.25) is 0 Å². The number of ether oxygens (including phenoxy) is 1. The lowest BCUT2D eigenvalue weighted by Crippen LogP contribution is -1.82. The van der Waals surface area contributed by atoms with Gasteiger partial charge in [-0.2, -0.15) is 0 Å². The summed E-state index contributed by atoms with van der Waals surface area (Å²) in [6.45, 7) is 0. The van der Waals surface area contributed by atoms with Crippen molar-refractivity contribution in [1.82, 2.24) is 0 Å². The van der Waals surface area contributed by atoms with Crippen molar-refractivity contribution < 1.29 is 4.74 Å². The van der Waals surface area contributed by atoms with E-state index in [0.29, 0.717) is 0 Å². The molecule has 1 nitrogen and oxygen atoms in total. The van der Waals surface area contributed by atoms with Gasteiger partial charge in [0.15, 0.2) is 0 Å². The maximum atomic E-state index is 5.58. The summed E-state index contributed by atoms with van der Waals surface area (Å²) in [4.78, 5) is 0.929. The SMILES string of the molecule is Sc1ccc(Oc2cc[c]cc2)cc1. The Morgan fingerprint density at radius 1 is 0.857 bits per heavy atom. The number of thiol groups is 1. The molecule has 0 aliphatic rings. The minimum Gasteiger partial charge on any atom is -0.457 e. The first kappa shape index (κ1) is 9.16. The quantitative estimate of drug-likeness (QED) is 0.731. The molecule has 0 aliphatic carbocycles. The second kappa shape index (κ2) is 4.20. The Hall–Kier alpha value is -1.41. The Kier molecular flexibility index (Phi) is 2.75. The van der Waals surface area contributed by atoms with E-state index in [1.54, 1.807) is 0 Å². The molecule has 0 saturated carbocycles. The first-order valence-electron chi connectivity index (χ1n) is 4.27. The molecular weight excluding hydrogens is 192 g/mol. The zero-order valence-electron chi connectivity index (χ0n) is 7.47. The van der Waals surface area contributed by atoms with E-state index in [0.717, 1.165) is 16.4 Å². The van der Waals surface area contributed by atoms with E-state index < -0.39 is 0 Å². The average Bonchev–Trinajstić information content (AvgIpc) is 2.23. The fraction of sp³-hybridized carbons (Fsp3) is 0. The molecule has 2 aromatic rings. The zero-order valence-corrected chi connectivity index (χ0v) is 8.37. The molecule has 0 amide bonds. The summed E-state index contributed by atoms with van der Waals surface area (Å²) < 4.78 is 5.58. The third-order valence-corrected chi connectivity index (χ3v) is 2.06. The zero-order chi connectivity index (χ0) is 9.80. The normalized spacial score (nSPS) is 9.79. The number of hydrogen-bond donors (Lipinski definition) is 1. The van der Waals surface area contributed by atoms with Gasteiger partial charge in [-0.1, -0.05) is 12.1 Å². The summed E-state index contributed by atoms with van der Waals surface area (Å²) in [7, 11) is 0. The Morgan fingerprint density at radius 3 is 2.07 bits per heavy atom. The summed E-state index contributed by atoms with van der Waals surface area (Å²) >= 11 is 4.20. The van der Waals surface area contributed by atoms with Crippen molar-refractivity contribution in [2.75, 3.05) is 0 Å². The summed E-state index contributed by atoms with van der Waals surface area (Å²) in [5.41, 5.74) is 0. The van der Waals surface area contributed by atoms with Crippen LogP contribution in [0.15, 0.2) is 53.4 Å². The molecule has 0 aliphatic heterocycles. The van der Waals surface area contributed by atoms with Gasteiger partial charge in [-0.3, -0.25) is 0 Å². The highest BCUT2D eigenvalue weighted by molar-refractivity contribution is 7.80. The molecule has 2 aromatic carbocycles. The first-order chi connectivity index (χ1) is 6.84. The third-order valence-electron chi connectivity index (χ3n) is 1.76. The number of benzene rings is 2. The summed E-state index contributed by atoms with van der Waals surface area (Å²) in [6.07, 6.45) is 0. The molecule has 69 valence electrons. The minimum absolute atomic E-state index is 0.814. The maximum absolute atomic E-state index is 5.58. The first-order valence-corrected chi connectivity index (χ1v) is 4.72. The lowest BCUT2D eigenvalue weighted by atomic mass is 10.3. The lowest BCUT2D eigenvalue weighted by molar-refractivity contribution is 0.482. The third kappa shape index (κ3) is 2.30. The van der Waals surface area contributed by atoms with Crippen LogP contribution in [0.25, 0.3) is 0 Å². The molecule has 0 bridgehead atoms. The summed E-state index contributed by atoms with van der Waals surface area (Å²) in [5, 5.41) is 0. The maximum Gasteiger partial charge on any atom is 0.127 e. The van der Waals surface area contributed by atoms with Gasteiger partial charge in [-0.15, -0.1) is 12.6 Å². The molecule has 14 heavy (non-hydrogen) atoms. The molecule has 0 unspecified atom stereocenters. The molecule has 1 radical (unpaired) electrons. The molecule has 0 aromatic heterocycles. The van der Waals surface area contributed by atoms with Gasteiger partial charge in [0.05, 0.1) is 0 Å². The molecular formula is C12H9OS. The van der Waals surface area contributed by atoms with Gasteiger partial charge in [-0.05, 0) is 42.5 Å². The van der Waals surface area contributed by atoms with Crippen molar-refractivity contribution in [3.8, 4) is 11.5 Å². The number of hydrogen-bond acceptors (Lipinski definition) is 2. The second-order valence-corrected chi connectivity index (χ2v) is 3.35. The average molecular weight is 201 g/mol. The van der Waals surface area contributed by atoms with Gasteiger partial charge in [0.25, 0.3) is 0 Å². The van der Waals surface area contributed by atoms with Crippen molar-refractivity contribution in [1.29, 1.82) is 0 Å². The second-order valence-electron chi connectivity index (χ2n) is 2.83. The van der Waals surface area contributed by atoms with Crippen molar-refractivity contribution in [2.24, 2.45) is 0 Å². The molecule has 0 heterocycles. The van der Waals surface area contributed by atoms with Crippen LogP contribution in [0.1, 0.15) is 0 Å².